The average molecular weight is 717 g/mol. The Morgan fingerprint density at radius 3 is 1.75 bits per heavy atom. The predicted molar refractivity (Wildman–Crippen MR) is 228 cm³/mol. The molecule has 55 heavy (non-hydrogen) atoms. The van der Waals surface area contributed by atoms with Crippen LogP contribution in [0.3, 0.4) is 0 Å². The minimum Gasteiger partial charge on any atom is -0.309 e. The van der Waals surface area contributed by atoms with Crippen molar-refractivity contribution in [2.45, 2.75) is 0 Å². The molecule has 3 aromatic heterocycles. The van der Waals surface area contributed by atoms with Gasteiger partial charge in [0.1, 0.15) is 0 Å². The van der Waals surface area contributed by atoms with Crippen molar-refractivity contribution in [2.24, 2.45) is 0 Å². The van der Waals surface area contributed by atoms with E-state index in [0.717, 1.165) is 65.5 Å². The maximum atomic E-state index is 10.4. The molecule has 0 N–H and O–H groups in total. The van der Waals surface area contributed by atoms with Gasteiger partial charge < -0.3 is 9.13 Å². The lowest BCUT2D eigenvalue weighted by atomic mass is 9.93. The van der Waals surface area contributed by atoms with Gasteiger partial charge in [-0.05, 0) is 95.1 Å². The van der Waals surface area contributed by atoms with Crippen LogP contribution in [-0.2, 0) is 0 Å². The first-order chi connectivity index (χ1) is 27.2. The van der Waals surface area contributed by atoms with Crippen LogP contribution in [0.5, 0.6) is 0 Å². The third-order valence-electron chi connectivity index (χ3n) is 10.9. The van der Waals surface area contributed by atoms with Crippen molar-refractivity contribution >= 4 is 75.1 Å². The highest BCUT2D eigenvalue weighted by molar-refractivity contribution is 7.26. The molecule has 0 aliphatic carbocycles. The maximum Gasteiger partial charge on any atom is 0.0992 e. The normalized spacial score (nSPS) is 11.6. The summed E-state index contributed by atoms with van der Waals surface area (Å²) >= 11 is 1.77. The molecule has 0 aliphatic rings. The zero-order chi connectivity index (χ0) is 36.6. The number of para-hydroxylation sites is 3. The Hall–Kier alpha value is -7.44. The van der Waals surface area contributed by atoms with E-state index in [4.69, 9.17) is 0 Å². The molecule has 0 amide bonds. The van der Waals surface area contributed by atoms with Gasteiger partial charge in [-0.25, -0.2) is 0 Å². The fraction of sp³-hybridized carbons (Fsp3) is 0. The first kappa shape index (κ1) is 31.1. The van der Waals surface area contributed by atoms with Crippen molar-refractivity contribution in [1.29, 1.82) is 10.5 Å². The van der Waals surface area contributed by atoms with Gasteiger partial charge in [0.15, 0.2) is 0 Å². The molecule has 3 heterocycles. The van der Waals surface area contributed by atoms with Crippen LogP contribution < -0.4 is 0 Å². The topological polar surface area (TPSA) is 57.4 Å². The number of nitriles is 2. The van der Waals surface area contributed by atoms with E-state index < -0.39 is 0 Å². The van der Waals surface area contributed by atoms with E-state index in [9.17, 15) is 10.5 Å². The molecule has 0 bridgehead atoms. The van der Waals surface area contributed by atoms with Gasteiger partial charge in [-0.1, -0.05) is 97.1 Å². The van der Waals surface area contributed by atoms with Crippen LogP contribution in [0.1, 0.15) is 11.1 Å². The fourth-order valence-corrected chi connectivity index (χ4v) is 9.83. The second-order valence-electron chi connectivity index (χ2n) is 14.0. The summed E-state index contributed by atoms with van der Waals surface area (Å²) in [4.78, 5) is 0. The van der Waals surface area contributed by atoms with Crippen LogP contribution in [0, 0.1) is 22.7 Å². The lowest BCUT2D eigenvalue weighted by Gasteiger charge is -2.15. The number of rotatable bonds is 4. The molecule has 0 saturated carbocycles. The molecular formula is C50H28N4S. The summed E-state index contributed by atoms with van der Waals surface area (Å²) in [5.41, 5.74) is 12.0. The lowest BCUT2D eigenvalue weighted by molar-refractivity contribution is 1.18. The predicted octanol–water partition coefficient (Wildman–Crippen LogP) is 13.3. The summed E-state index contributed by atoms with van der Waals surface area (Å²) in [6, 6.07) is 64.3. The number of aromatic nitrogens is 2. The zero-order valence-corrected chi connectivity index (χ0v) is 30.2. The fourth-order valence-electron chi connectivity index (χ4n) is 8.59. The summed E-state index contributed by atoms with van der Waals surface area (Å²) in [5.74, 6) is 0. The number of hydrogen-bond acceptors (Lipinski definition) is 3. The molecular weight excluding hydrogens is 689 g/mol. The van der Waals surface area contributed by atoms with E-state index in [2.05, 4.69) is 167 Å². The first-order valence-corrected chi connectivity index (χ1v) is 19.0. The van der Waals surface area contributed by atoms with Gasteiger partial charge in [0.25, 0.3) is 0 Å². The van der Waals surface area contributed by atoms with Crippen LogP contribution in [0.2, 0.25) is 0 Å². The van der Waals surface area contributed by atoms with Crippen molar-refractivity contribution in [2.75, 3.05) is 0 Å². The Labute approximate surface area is 320 Å². The van der Waals surface area contributed by atoms with E-state index in [1.165, 1.54) is 31.9 Å². The summed E-state index contributed by atoms with van der Waals surface area (Å²) in [7, 11) is 0. The smallest absolute Gasteiger partial charge is 0.0992 e. The van der Waals surface area contributed by atoms with Crippen molar-refractivity contribution in [3.8, 4) is 45.8 Å². The Balaban J connectivity index is 1.11. The standard InChI is InChI=1S/C50H28N4S/c51-29-31-20-23-48-43(26-31)41-21-22-47-49(50(41)55-48)42-16-5-8-19-46(42)54(47)36-25-32(30-52)24-34(28-36)38-13-2-1-12-37(38)33-10-9-11-35(27-33)53-44-17-6-3-14-39(44)40-15-4-7-18-45(40)53/h1-28H. The summed E-state index contributed by atoms with van der Waals surface area (Å²) in [6.07, 6.45) is 0. The molecule has 0 spiro atoms. The highest BCUT2D eigenvalue weighted by Crippen LogP contribution is 2.44. The van der Waals surface area contributed by atoms with Crippen LogP contribution in [0.4, 0.5) is 0 Å². The summed E-state index contributed by atoms with van der Waals surface area (Å²) in [5, 5.41) is 27.1. The Bertz CT molecular complexity index is 3420. The largest absolute Gasteiger partial charge is 0.309 e. The minimum atomic E-state index is 0.597. The lowest BCUT2D eigenvalue weighted by Crippen LogP contribution is -1.97. The number of nitrogens with zero attached hydrogens (tertiary/aromatic N) is 4. The third-order valence-corrected chi connectivity index (χ3v) is 12.1. The van der Waals surface area contributed by atoms with Gasteiger partial charge in [0, 0.05) is 53.1 Å². The number of fused-ring (bicyclic) bond motifs is 10. The molecule has 11 rings (SSSR count). The quantitative estimate of drug-likeness (QED) is 0.182. The second kappa shape index (κ2) is 12.0. The maximum absolute atomic E-state index is 10.4. The van der Waals surface area contributed by atoms with Crippen molar-refractivity contribution in [3.63, 3.8) is 0 Å². The Morgan fingerprint density at radius 1 is 0.400 bits per heavy atom. The Kier molecular flexibility index (Phi) is 6.82. The van der Waals surface area contributed by atoms with Crippen molar-refractivity contribution in [3.05, 3.63) is 181 Å². The van der Waals surface area contributed by atoms with Gasteiger partial charge in [0.05, 0.1) is 45.3 Å². The highest BCUT2D eigenvalue weighted by atomic mass is 32.1. The van der Waals surface area contributed by atoms with E-state index in [0.29, 0.717) is 11.1 Å². The Morgan fingerprint density at radius 2 is 1.02 bits per heavy atom. The van der Waals surface area contributed by atoms with Gasteiger partial charge in [-0.15, -0.1) is 11.3 Å². The van der Waals surface area contributed by atoms with Crippen LogP contribution in [-0.4, -0.2) is 9.13 Å². The van der Waals surface area contributed by atoms with Gasteiger partial charge >= 0.3 is 0 Å². The molecule has 0 atom stereocenters. The van der Waals surface area contributed by atoms with E-state index in [-0.39, 0.29) is 0 Å². The van der Waals surface area contributed by atoms with Crippen LogP contribution in [0.15, 0.2) is 170 Å². The molecule has 0 aliphatic heterocycles. The van der Waals surface area contributed by atoms with Gasteiger partial charge in [0.2, 0.25) is 0 Å². The molecule has 0 saturated heterocycles. The average Bonchev–Trinajstić information content (AvgIpc) is 3.91. The van der Waals surface area contributed by atoms with Crippen molar-refractivity contribution < 1.29 is 0 Å². The van der Waals surface area contributed by atoms with Crippen LogP contribution >= 0.6 is 11.3 Å². The SMILES string of the molecule is N#Cc1cc(-c2ccccc2-c2cccc(-n3c4ccccc4c4ccccc43)c2)cc(-n2c3ccccc3c3c4sc5ccc(C#N)cc5c4ccc32)c1. The molecule has 5 heteroatoms. The van der Waals surface area contributed by atoms with E-state index >= 15 is 0 Å². The molecule has 11 aromatic rings. The third kappa shape index (κ3) is 4.68. The molecule has 4 nitrogen and oxygen atoms in total. The van der Waals surface area contributed by atoms with E-state index in [1.807, 2.05) is 24.3 Å². The molecule has 254 valence electrons. The molecule has 0 fully saturated rings. The number of hydrogen-bond donors (Lipinski definition) is 0. The van der Waals surface area contributed by atoms with Crippen molar-refractivity contribution in [1.82, 2.24) is 9.13 Å². The number of thiophene rings is 1. The zero-order valence-electron chi connectivity index (χ0n) is 29.4. The molecule has 0 radical (unpaired) electrons. The summed E-state index contributed by atoms with van der Waals surface area (Å²) < 4.78 is 7.00. The van der Waals surface area contributed by atoms with Crippen LogP contribution in [0.25, 0.3) is 97.4 Å². The highest BCUT2D eigenvalue weighted by Gasteiger charge is 2.20. The second-order valence-corrected chi connectivity index (χ2v) is 15.0. The van der Waals surface area contributed by atoms with E-state index in [1.54, 1.807) is 11.3 Å². The van der Waals surface area contributed by atoms with Gasteiger partial charge in [-0.2, -0.15) is 10.5 Å². The monoisotopic (exact) mass is 716 g/mol. The van der Waals surface area contributed by atoms with Gasteiger partial charge in [-0.3, -0.25) is 0 Å². The molecule has 0 unspecified atom stereocenters. The molecule has 8 aromatic carbocycles. The minimum absolute atomic E-state index is 0.597. The summed E-state index contributed by atoms with van der Waals surface area (Å²) in [6.45, 7) is 0. The first-order valence-electron chi connectivity index (χ1n) is 18.2. The number of benzene rings is 8.